The highest BCUT2D eigenvalue weighted by Gasteiger charge is 2.68. The maximum atomic E-state index is 14.7. The molecule has 3 heterocycles. The van der Waals surface area contributed by atoms with Crippen molar-refractivity contribution in [1.29, 1.82) is 0 Å². The molecule has 7 unspecified atom stereocenters. The van der Waals surface area contributed by atoms with E-state index in [1.807, 2.05) is 55.6 Å². The van der Waals surface area contributed by atoms with Crippen molar-refractivity contribution < 1.29 is 29.3 Å². The van der Waals surface area contributed by atoms with Crippen LogP contribution in [0.5, 0.6) is 5.75 Å². The Balaban J connectivity index is 1.18. The molecule has 1 saturated carbocycles. The molecule has 290 valence electrons. The van der Waals surface area contributed by atoms with Crippen LogP contribution < -0.4 is 10.6 Å². The third kappa shape index (κ3) is 6.36. The zero-order chi connectivity index (χ0) is 38.4. The maximum absolute atomic E-state index is 14.7. The van der Waals surface area contributed by atoms with Gasteiger partial charge in [0.25, 0.3) is 0 Å². The first-order valence-corrected chi connectivity index (χ1v) is 20.7. The van der Waals surface area contributed by atoms with Crippen molar-refractivity contribution in [2.45, 2.75) is 70.4 Å². The molecule has 1 spiro atoms. The van der Waals surface area contributed by atoms with E-state index in [0.717, 1.165) is 90.5 Å². The van der Waals surface area contributed by atoms with Crippen LogP contribution in [0.25, 0.3) is 16.7 Å². The fraction of sp³-hybridized carbons (Fsp3) is 0.417. The van der Waals surface area contributed by atoms with Crippen molar-refractivity contribution in [1.82, 2.24) is 10.6 Å². The second-order valence-electron chi connectivity index (χ2n) is 16.7. The molecule has 3 aromatic rings. The van der Waals surface area contributed by atoms with Gasteiger partial charge in [-0.15, -0.1) is 0 Å². The van der Waals surface area contributed by atoms with E-state index in [4.69, 9.17) is 9.47 Å². The second-order valence-corrected chi connectivity index (χ2v) is 16.7. The summed E-state index contributed by atoms with van der Waals surface area (Å²) >= 11 is 0. The summed E-state index contributed by atoms with van der Waals surface area (Å²) in [4.78, 5) is 29.0. The minimum absolute atomic E-state index is 0.00318. The van der Waals surface area contributed by atoms with Gasteiger partial charge in [0, 0.05) is 23.7 Å². The molecule has 7 aliphatic rings. The smallest absolute Gasteiger partial charge is 0.340 e. The Kier molecular flexibility index (Phi) is 10.1. The summed E-state index contributed by atoms with van der Waals surface area (Å²) in [7, 11) is 2.00. The average Bonchev–Trinajstić information content (AvgIpc) is 3.70. The molecule has 0 radical (unpaired) electrons. The highest BCUT2D eigenvalue weighted by Crippen LogP contribution is 2.72. The molecular formula is C48H52N2O6. The standard InChI is InChI=1S/C48H52N2O6/c1-49-41-27-30(20-23-50-41)11-8-14-39-37-18-17-36-35-19-22-48(44(36)43(37)46(53)55-39)40(26-31(21-24-51)25-29-9-4-2-5-10-29)56-47(54)45(48)42(35)38-28-33(52)15-16-34(38)32-12-6-3-7-13-32/h2-7,9-10,12-16,26,28,30-31,35-36,41,44,49-52H,8,11,17-25,27H2,1H3. The normalized spacial score (nSPS) is 30.0. The molecule has 2 saturated heterocycles. The molecule has 56 heavy (non-hydrogen) atoms. The Hall–Kier alpha value is -4.76. The number of rotatable bonds is 11. The van der Waals surface area contributed by atoms with E-state index in [9.17, 15) is 19.8 Å². The predicted molar refractivity (Wildman–Crippen MR) is 215 cm³/mol. The molecule has 7 atom stereocenters. The number of benzene rings is 3. The van der Waals surface area contributed by atoms with Crippen LogP contribution in [-0.4, -0.2) is 48.5 Å². The molecule has 10 rings (SSSR count). The lowest BCUT2D eigenvalue weighted by Crippen LogP contribution is -2.52. The van der Waals surface area contributed by atoms with Gasteiger partial charge in [-0.3, -0.25) is 0 Å². The fourth-order valence-electron chi connectivity index (χ4n) is 11.3. The van der Waals surface area contributed by atoms with Gasteiger partial charge in [0.2, 0.25) is 0 Å². The van der Waals surface area contributed by atoms with Crippen LogP contribution in [0.3, 0.4) is 0 Å². The van der Waals surface area contributed by atoms with Gasteiger partial charge in [0.05, 0.1) is 17.2 Å². The Morgan fingerprint density at radius 1 is 0.946 bits per heavy atom. The Morgan fingerprint density at radius 2 is 1.75 bits per heavy atom. The lowest BCUT2D eigenvalue weighted by Gasteiger charge is -2.56. The summed E-state index contributed by atoms with van der Waals surface area (Å²) in [6.07, 6.45) is 12.9. The van der Waals surface area contributed by atoms with Gasteiger partial charge >= 0.3 is 11.9 Å². The first-order chi connectivity index (χ1) is 27.4. The number of aromatic hydroxyl groups is 1. The van der Waals surface area contributed by atoms with E-state index in [1.165, 1.54) is 0 Å². The number of phenols is 1. The second kappa shape index (κ2) is 15.3. The number of fused-ring (bicyclic) bond motifs is 1. The van der Waals surface area contributed by atoms with Crippen LogP contribution in [-0.2, 0) is 25.5 Å². The predicted octanol–water partition coefficient (Wildman–Crippen LogP) is 7.99. The number of ether oxygens (including phenoxy) is 2. The minimum atomic E-state index is -0.887. The Morgan fingerprint density at radius 3 is 2.54 bits per heavy atom. The number of hydrogen-bond donors (Lipinski definition) is 4. The summed E-state index contributed by atoms with van der Waals surface area (Å²) in [6, 6.07) is 25.8. The molecule has 4 aliphatic carbocycles. The van der Waals surface area contributed by atoms with E-state index < -0.39 is 5.41 Å². The van der Waals surface area contributed by atoms with E-state index in [-0.39, 0.29) is 48.0 Å². The van der Waals surface area contributed by atoms with Crippen molar-refractivity contribution in [3.63, 3.8) is 0 Å². The van der Waals surface area contributed by atoms with Crippen molar-refractivity contribution in [3.8, 4) is 16.9 Å². The van der Waals surface area contributed by atoms with E-state index in [1.54, 1.807) is 6.07 Å². The average molecular weight is 753 g/mol. The van der Waals surface area contributed by atoms with Crippen molar-refractivity contribution in [2.24, 2.45) is 35.0 Å². The molecule has 3 aliphatic heterocycles. The third-order valence-electron chi connectivity index (χ3n) is 13.7. The van der Waals surface area contributed by atoms with Crippen LogP contribution in [0.1, 0.15) is 68.9 Å². The molecule has 8 heteroatoms. The lowest BCUT2D eigenvalue weighted by atomic mass is 9.44. The number of carbonyl (C=O) groups is 2. The molecule has 0 amide bonds. The molecular weight excluding hydrogens is 701 g/mol. The lowest BCUT2D eigenvalue weighted by molar-refractivity contribution is -0.135. The van der Waals surface area contributed by atoms with E-state index >= 15 is 0 Å². The van der Waals surface area contributed by atoms with Gasteiger partial charge in [-0.05, 0) is 154 Å². The van der Waals surface area contributed by atoms with Crippen molar-refractivity contribution in [3.05, 3.63) is 130 Å². The first-order valence-electron chi connectivity index (χ1n) is 20.7. The molecule has 2 bridgehead atoms. The number of aliphatic hydroxyl groups is 1. The zero-order valence-electron chi connectivity index (χ0n) is 32.1. The first kappa shape index (κ1) is 36.9. The molecule has 4 N–H and O–H groups in total. The number of esters is 2. The third-order valence-corrected chi connectivity index (χ3v) is 13.7. The highest BCUT2D eigenvalue weighted by atomic mass is 16.5. The van der Waals surface area contributed by atoms with E-state index in [2.05, 4.69) is 47.1 Å². The molecule has 3 aromatic carbocycles. The Bertz CT molecular complexity index is 2140. The molecule has 3 fully saturated rings. The van der Waals surface area contributed by atoms with Gasteiger partial charge in [0.15, 0.2) is 0 Å². The van der Waals surface area contributed by atoms with Crippen molar-refractivity contribution >= 4 is 17.5 Å². The fourth-order valence-corrected chi connectivity index (χ4v) is 11.3. The SMILES string of the molecule is CNC1CC(CCC=C2OC(=O)C3=C2CCC2C4CCC5(C(=CC(CCO)Cc6ccccc6)OC(=O)C5=C4c4cc(O)ccc4-c4ccccc4)C32)CCN1. The number of aliphatic hydroxyl groups excluding tert-OH is 1. The van der Waals surface area contributed by atoms with Crippen LogP contribution >= 0.6 is 0 Å². The minimum Gasteiger partial charge on any atom is -0.508 e. The summed E-state index contributed by atoms with van der Waals surface area (Å²) < 4.78 is 12.7. The van der Waals surface area contributed by atoms with Crippen LogP contribution in [0.15, 0.2) is 119 Å². The molecule has 8 nitrogen and oxygen atoms in total. The number of hydrogen-bond acceptors (Lipinski definition) is 8. The topological polar surface area (TPSA) is 117 Å². The summed E-state index contributed by atoms with van der Waals surface area (Å²) in [6.45, 7) is 0.995. The number of carbonyl (C=O) groups excluding carboxylic acids is 2. The van der Waals surface area contributed by atoms with Gasteiger partial charge in [-0.2, -0.15) is 0 Å². The number of phenolic OH excluding ortho intramolecular Hbond substituents is 1. The van der Waals surface area contributed by atoms with Gasteiger partial charge in [-0.25, -0.2) is 9.59 Å². The van der Waals surface area contributed by atoms with Gasteiger partial charge < -0.3 is 30.3 Å². The van der Waals surface area contributed by atoms with Crippen LogP contribution in [0, 0.1) is 35.0 Å². The zero-order valence-corrected chi connectivity index (χ0v) is 32.1. The van der Waals surface area contributed by atoms with Crippen LogP contribution in [0.4, 0.5) is 0 Å². The summed E-state index contributed by atoms with van der Waals surface area (Å²) in [5, 5.41) is 28.1. The number of nitrogens with one attached hydrogen (secondary N) is 2. The van der Waals surface area contributed by atoms with E-state index in [0.29, 0.717) is 48.4 Å². The van der Waals surface area contributed by atoms with Gasteiger partial charge in [-0.1, -0.05) is 66.7 Å². The maximum Gasteiger partial charge on any atom is 0.340 e. The number of allylic oxidation sites excluding steroid dienone is 5. The Labute approximate surface area is 329 Å². The largest absolute Gasteiger partial charge is 0.508 e. The summed E-state index contributed by atoms with van der Waals surface area (Å²) in [5.41, 5.74) is 6.33. The summed E-state index contributed by atoms with van der Waals surface area (Å²) in [5.74, 6) is 1.03. The van der Waals surface area contributed by atoms with Crippen LogP contribution in [0.2, 0.25) is 0 Å². The van der Waals surface area contributed by atoms with Crippen molar-refractivity contribution in [2.75, 3.05) is 20.2 Å². The monoisotopic (exact) mass is 752 g/mol. The highest BCUT2D eigenvalue weighted by molar-refractivity contribution is 6.07. The number of piperidine rings is 1. The van der Waals surface area contributed by atoms with Gasteiger partial charge in [0.1, 0.15) is 17.3 Å². The number of cyclic esters (lactones) is 2. The quantitative estimate of drug-likeness (QED) is 0.146. The molecule has 0 aromatic heterocycles.